The second kappa shape index (κ2) is 6.84. The lowest BCUT2D eigenvalue weighted by molar-refractivity contribution is 0.0532. The van der Waals surface area contributed by atoms with Gasteiger partial charge in [-0.05, 0) is 24.3 Å². The second-order valence-electron chi connectivity index (χ2n) is 5.38. The molecule has 8 heteroatoms. The summed E-state index contributed by atoms with van der Waals surface area (Å²) in [5.74, 6) is -0.223. The minimum atomic E-state index is -0.265. The van der Waals surface area contributed by atoms with Crippen molar-refractivity contribution in [1.29, 1.82) is 0 Å². The summed E-state index contributed by atoms with van der Waals surface area (Å²) in [5.41, 5.74) is 6.42. The molecule has 1 aliphatic heterocycles. The number of aromatic nitrogens is 2. The zero-order valence-corrected chi connectivity index (χ0v) is 13.6. The van der Waals surface area contributed by atoms with E-state index in [0.29, 0.717) is 36.8 Å². The van der Waals surface area contributed by atoms with Crippen LogP contribution in [0, 0.1) is 0 Å². The number of hydrogen-bond donors (Lipinski definition) is 1. The molecule has 1 saturated heterocycles. The smallest absolute Gasteiger partial charge is 0.276 e. The normalized spacial score (nSPS) is 14.5. The minimum absolute atomic E-state index is 0.0715. The van der Waals surface area contributed by atoms with Gasteiger partial charge < -0.3 is 15.5 Å². The molecule has 0 aliphatic carbocycles. The highest BCUT2D eigenvalue weighted by atomic mass is 35.5. The summed E-state index contributed by atoms with van der Waals surface area (Å²) in [6.07, 6.45) is 2.87. The summed E-state index contributed by atoms with van der Waals surface area (Å²) < 4.78 is 0. The van der Waals surface area contributed by atoms with Gasteiger partial charge in [0, 0.05) is 49.2 Å². The molecule has 2 amide bonds. The second-order valence-corrected chi connectivity index (χ2v) is 5.82. The van der Waals surface area contributed by atoms with Crippen molar-refractivity contribution in [3.63, 3.8) is 0 Å². The maximum Gasteiger partial charge on any atom is 0.276 e. The molecular formula is C16H16ClN5O2. The van der Waals surface area contributed by atoms with Crippen LogP contribution in [0.5, 0.6) is 0 Å². The fourth-order valence-corrected chi connectivity index (χ4v) is 2.68. The van der Waals surface area contributed by atoms with Crippen LogP contribution < -0.4 is 5.73 Å². The predicted molar refractivity (Wildman–Crippen MR) is 89.7 cm³/mol. The van der Waals surface area contributed by atoms with E-state index in [4.69, 9.17) is 17.3 Å². The van der Waals surface area contributed by atoms with E-state index in [2.05, 4.69) is 9.97 Å². The largest absolute Gasteiger partial charge is 0.382 e. The Hall–Kier alpha value is -2.67. The van der Waals surface area contributed by atoms with Gasteiger partial charge >= 0.3 is 0 Å². The Kier molecular flexibility index (Phi) is 4.61. The third kappa shape index (κ3) is 3.30. The van der Waals surface area contributed by atoms with E-state index in [1.165, 1.54) is 12.4 Å². The van der Waals surface area contributed by atoms with Gasteiger partial charge in [0.25, 0.3) is 11.8 Å². The van der Waals surface area contributed by atoms with E-state index in [0.717, 1.165) is 0 Å². The number of hydrogen-bond acceptors (Lipinski definition) is 5. The lowest BCUT2D eigenvalue weighted by Gasteiger charge is -2.34. The Labute approximate surface area is 144 Å². The van der Waals surface area contributed by atoms with Gasteiger partial charge in [0.2, 0.25) is 0 Å². The van der Waals surface area contributed by atoms with Crippen LogP contribution in [0.1, 0.15) is 20.8 Å². The highest BCUT2D eigenvalue weighted by Crippen LogP contribution is 2.15. The molecule has 0 bridgehead atoms. The Morgan fingerprint density at radius 1 is 0.917 bits per heavy atom. The van der Waals surface area contributed by atoms with E-state index >= 15 is 0 Å². The number of amides is 2. The first-order valence-electron chi connectivity index (χ1n) is 7.47. The molecule has 124 valence electrons. The number of nitrogens with zero attached hydrogens (tertiary/aromatic N) is 4. The first-order chi connectivity index (χ1) is 11.6. The summed E-state index contributed by atoms with van der Waals surface area (Å²) in [4.78, 5) is 36.1. The van der Waals surface area contributed by atoms with Crippen molar-refractivity contribution in [2.75, 3.05) is 31.9 Å². The first-order valence-corrected chi connectivity index (χ1v) is 7.84. The van der Waals surface area contributed by atoms with Crippen LogP contribution in [0.25, 0.3) is 0 Å². The van der Waals surface area contributed by atoms with Crippen LogP contribution in [0.4, 0.5) is 5.82 Å². The third-order valence-corrected chi connectivity index (χ3v) is 4.13. The zero-order valence-electron chi connectivity index (χ0n) is 12.9. The highest BCUT2D eigenvalue weighted by molar-refractivity contribution is 6.30. The minimum Gasteiger partial charge on any atom is -0.382 e. The van der Waals surface area contributed by atoms with Crippen molar-refractivity contribution < 1.29 is 9.59 Å². The number of anilines is 1. The molecule has 2 aromatic rings. The maximum atomic E-state index is 12.4. The fourth-order valence-electron chi connectivity index (χ4n) is 2.55. The molecule has 0 atom stereocenters. The Morgan fingerprint density at radius 3 is 2.04 bits per heavy atom. The first kappa shape index (κ1) is 16.2. The molecule has 1 aliphatic rings. The highest BCUT2D eigenvalue weighted by Gasteiger charge is 2.27. The molecular weight excluding hydrogens is 330 g/mol. The Balaban J connectivity index is 1.63. The van der Waals surface area contributed by atoms with Gasteiger partial charge in [-0.15, -0.1) is 0 Å². The van der Waals surface area contributed by atoms with Gasteiger partial charge in [0.1, 0.15) is 0 Å². The van der Waals surface area contributed by atoms with Gasteiger partial charge in [0.05, 0.1) is 0 Å². The SMILES string of the molecule is Nc1nccnc1C(=O)N1CCN(C(=O)c2ccc(Cl)cc2)CC1. The quantitative estimate of drug-likeness (QED) is 0.886. The Morgan fingerprint density at radius 2 is 1.46 bits per heavy atom. The summed E-state index contributed by atoms with van der Waals surface area (Å²) in [6.45, 7) is 1.75. The van der Waals surface area contributed by atoms with Gasteiger partial charge in [0.15, 0.2) is 11.5 Å². The number of benzene rings is 1. The third-order valence-electron chi connectivity index (χ3n) is 3.87. The fraction of sp³-hybridized carbons (Fsp3) is 0.250. The van der Waals surface area contributed by atoms with Crippen LogP contribution in [0.15, 0.2) is 36.7 Å². The van der Waals surface area contributed by atoms with E-state index in [-0.39, 0.29) is 23.3 Å². The lowest BCUT2D eigenvalue weighted by atomic mass is 10.2. The number of halogens is 1. The number of carbonyl (C=O) groups is 2. The average Bonchev–Trinajstić information content (AvgIpc) is 2.62. The van der Waals surface area contributed by atoms with Crippen molar-refractivity contribution in [3.8, 4) is 0 Å². The van der Waals surface area contributed by atoms with Crippen LogP contribution in [-0.4, -0.2) is 57.8 Å². The molecule has 0 saturated carbocycles. The van der Waals surface area contributed by atoms with Crippen LogP contribution in [0.2, 0.25) is 5.02 Å². The number of piperazine rings is 1. The standard InChI is InChI=1S/C16H16ClN5O2/c17-12-3-1-11(2-4-12)15(23)21-7-9-22(10-8-21)16(24)13-14(18)20-6-5-19-13/h1-6H,7-10H2,(H2,18,20). The van der Waals surface area contributed by atoms with E-state index in [1.54, 1.807) is 34.1 Å². The van der Waals surface area contributed by atoms with Crippen molar-refractivity contribution in [2.45, 2.75) is 0 Å². The van der Waals surface area contributed by atoms with E-state index in [9.17, 15) is 9.59 Å². The Bertz CT molecular complexity index is 757. The van der Waals surface area contributed by atoms with Crippen LogP contribution in [0.3, 0.4) is 0 Å². The zero-order chi connectivity index (χ0) is 17.1. The molecule has 0 unspecified atom stereocenters. The molecule has 2 heterocycles. The molecule has 0 spiro atoms. The molecule has 1 fully saturated rings. The maximum absolute atomic E-state index is 12.4. The van der Waals surface area contributed by atoms with Gasteiger partial charge in [-0.3, -0.25) is 9.59 Å². The molecule has 7 nitrogen and oxygen atoms in total. The lowest BCUT2D eigenvalue weighted by Crippen LogP contribution is -2.50. The molecule has 1 aromatic heterocycles. The summed E-state index contributed by atoms with van der Waals surface area (Å²) in [5, 5.41) is 0.587. The number of nitrogen functional groups attached to an aromatic ring is 1. The average molecular weight is 346 g/mol. The van der Waals surface area contributed by atoms with Gasteiger partial charge in [-0.25, -0.2) is 9.97 Å². The number of carbonyl (C=O) groups excluding carboxylic acids is 2. The van der Waals surface area contributed by atoms with Gasteiger partial charge in [-0.1, -0.05) is 11.6 Å². The van der Waals surface area contributed by atoms with E-state index in [1.807, 2.05) is 0 Å². The summed E-state index contributed by atoms with van der Waals surface area (Å²) in [6, 6.07) is 6.77. The van der Waals surface area contributed by atoms with E-state index < -0.39 is 0 Å². The summed E-state index contributed by atoms with van der Waals surface area (Å²) in [7, 11) is 0. The summed E-state index contributed by atoms with van der Waals surface area (Å²) >= 11 is 5.84. The van der Waals surface area contributed by atoms with Crippen molar-refractivity contribution in [3.05, 3.63) is 52.9 Å². The van der Waals surface area contributed by atoms with Crippen LogP contribution >= 0.6 is 11.6 Å². The molecule has 2 N–H and O–H groups in total. The van der Waals surface area contributed by atoms with Crippen LogP contribution in [-0.2, 0) is 0 Å². The molecule has 24 heavy (non-hydrogen) atoms. The van der Waals surface area contributed by atoms with Crippen molar-refractivity contribution in [1.82, 2.24) is 19.8 Å². The monoisotopic (exact) mass is 345 g/mol. The molecule has 0 radical (unpaired) electrons. The van der Waals surface area contributed by atoms with Crippen molar-refractivity contribution >= 4 is 29.2 Å². The predicted octanol–water partition coefficient (Wildman–Crippen LogP) is 1.31. The molecule has 1 aromatic carbocycles. The van der Waals surface area contributed by atoms with Crippen molar-refractivity contribution in [2.24, 2.45) is 0 Å². The number of nitrogens with two attached hydrogens (primary N) is 1. The number of rotatable bonds is 2. The topological polar surface area (TPSA) is 92.4 Å². The van der Waals surface area contributed by atoms with Gasteiger partial charge in [-0.2, -0.15) is 0 Å². The molecule has 3 rings (SSSR count).